The molecule has 7 nitrogen and oxygen atoms in total. The first-order chi connectivity index (χ1) is 8.51. The van der Waals surface area contributed by atoms with Crippen molar-refractivity contribution in [1.29, 1.82) is 0 Å². The first-order valence-electron chi connectivity index (χ1n) is 4.65. The van der Waals surface area contributed by atoms with E-state index in [0.29, 0.717) is 5.95 Å². The first-order valence-corrected chi connectivity index (χ1v) is 7.74. The number of halogens is 1. The van der Waals surface area contributed by atoms with Gasteiger partial charge in [-0.25, -0.2) is 23.4 Å². The summed E-state index contributed by atoms with van der Waals surface area (Å²) in [5.41, 5.74) is 0. The fourth-order valence-corrected chi connectivity index (χ4v) is 3.30. The molecule has 2 N–H and O–H groups in total. The topological polar surface area (TPSA) is 96.9 Å². The van der Waals surface area contributed by atoms with Crippen molar-refractivity contribution < 1.29 is 8.42 Å². The summed E-state index contributed by atoms with van der Waals surface area (Å²) in [7, 11) is -2.05. The maximum Gasteiger partial charge on any atom is 0.266 e. The van der Waals surface area contributed by atoms with Crippen LogP contribution < -0.4 is 10.0 Å². The van der Waals surface area contributed by atoms with Crippen molar-refractivity contribution in [2.75, 3.05) is 17.1 Å². The van der Waals surface area contributed by atoms with E-state index in [2.05, 4.69) is 40.9 Å². The lowest BCUT2D eigenvalue weighted by Crippen LogP contribution is -2.13. The van der Waals surface area contributed by atoms with Crippen LogP contribution >= 0.6 is 27.3 Å². The summed E-state index contributed by atoms with van der Waals surface area (Å²) in [5, 5.41) is 2.98. The van der Waals surface area contributed by atoms with E-state index in [4.69, 9.17) is 0 Å². The molecule has 0 amide bonds. The average molecular weight is 350 g/mol. The van der Waals surface area contributed by atoms with E-state index in [9.17, 15) is 8.42 Å². The van der Waals surface area contributed by atoms with Gasteiger partial charge in [-0.05, 0) is 15.9 Å². The van der Waals surface area contributed by atoms with Crippen LogP contribution in [0.1, 0.15) is 0 Å². The molecule has 2 aromatic rings. The predicted octanol–water partition coefficient (Wildman–Crippen LogP) is 1.54. The second-order valence-electron chi connectivity index (χ2n) is 3.07. The molecule has 0 aromatic carbocycles. The zero-order chi connectivity index (χ0) is 13.2. The minimum Gasteiger partial charge on any atom is -0.357 e. The molecule has 96 valence electrons. The number of nitrogens with zero attached hydrogens (tertiary/aromatic N) is 3. The van der Waals surface area contributed by atoms with E-state index in [1.54, 1.807) is 7.05 Å². The average Bonchev–Trinajstić information content (AvgIpc) is 2.74. The van der Waals surface area contributed by atoms with Crippen molar-refractivity contribution in [3.05, 3.63) is 22.4 Å². The van der Waals surface area contributed by atoms with Crippen LogP contribution in [0.25, 0.3) is 0 Å². The number of sulfonamides is 1. The smallest absolute Gasteiger partial charge is 0.266 e. The fraction of sp³-hybridized carbons (Fsp3) is 0.125. The van der Waals surface area contributed by atoms with Gasteiger partial charge in [-0.15, -0.1) is 0 Å². The lowest BCUT2D eigenvalue weighted by molar-refractivity contribution is 0.600. The molecule has 0 aliphatic rings. The summed E-state index contributed by atoms with van der Waals surface area (Å²) in [5.74, 6) is 0.353. The van der Waals surface area contributed by atoms with Crippen LogP contribution in [0.15, 0.2) is 27.3 Å². The Kier molecular flexibility index (Phi) is 3.78. The molecule has 0 saturated heterocycles. The first kappa shape index (κ1) is 13.2. The van der Waals surface area contributed by atoms with Gasteiger partial charge in [0.15, 0.2) is 5.13 Å². The number of rotatable bonds is 4. The van der Waals surface area contributed by atoms with Crippen LogP contribution in [-0.4, -0.2) is 30.4 Å². The van der Waals surface area contributed by atoms with Crippen molar-refractivity contribution in [2.45, 2.75) is 4.90 Å². The third kappa shape index (κ3) is 2.94. The van der Waals surface area contributed by atoms with Crippen LogP contribution in [0, 0.1) is 0 Å². The monoisotopic (exact) mass is 349 g/mol. The third-order valence-electron chi connectivity index (χ3n) is 1.86. The number of nitrogens with one attached hydrogen (secondary N) is 2. The Morgan fingerprint density at radius 2 is 1.89 bits per heavy atom. The maximum atomic E-state index is 12.0. The molecule has 0 fully saturated rings. The lowest BCUT2D eigenvalue weighted by Gasteiger charge is -2.04. The summed E-state index contributed by atoms with van der Waals surface area (Å²) >= 11 is 4.38. The normalized spacial score (nSPS) is 11.2. The van der Waals surface area contributed by atoms with Gasteiger partial charge >= 0.3 is 0 Å². The van der Waals surface area contributed by atoms with Crippen molar-refractivity contribution in [3.63, 3.8) is 0 Å². The molecule has 0 spiro atoms. The van der Waals surface area contributed by atoms with E-state index in [0.717, 1.165) is 3.79 Å². The predicted molar refractivity (Wildman–Crippen MR) is 72.2 cm³/mol. The SMILES string of the molecule is CNc1ncc(S(=O)(=O)Nc2ncc(Br)s2)cn1. The Hall–Kier alpha value is -1.26. The summed E-state index contributed by atoms with van der Waals surface area (Å²) in [6, 6.07) is 0. The van der Waals surface area contributed by atoms with Crippen molar-refractivity contribution in [2.24, 2.45) is 0 Å². The molecule has 0 aliphatic carbocycles. The minimum absolute atomic E-state index is 0.0205. The molecule has 0 bridgehead atoms. The number of anilines is 2. The molecule has 0 atom stereocenters. The summed E-state index contributed by atoms with van der Waals surface area (Å²) in [6.45, 7) is 0. The molecular weight excluding hydrogens is 342 g/mol. The quantitative estimate of drug-likeness (QED) is 0.868. The van der Waals surface area contributed by atoms with Gasteiger partial charge in [0, 0.05) is 7.05 Å². The van der Waals surface area contributed by atoms with Crippen LogP contribution in [0.3, 0.4) is 0 Å². The van der Waals surface area contributed by atoms with Gasteiger partial charge in [0.1, 0.15) is 4.90 Å². The zero-order valence-electron chi connectivity index (χ0n) is 9.08. The fourth-order valence-electron chi connectivity index (χ4n) is 1.06. The van der Waals surface area contributed by atoms with Gasteiger partial charge in [0.2, 0.25) is 5.95 Å². The Morgan fingerprint density at radius 3 is 2.39 bits per heavy atom. The Balaban J connectivity index is 2.24. The van der Waals surface area contributed by atoms with E-state index in [1.165, 1.54) is 29.9 Å². The maximum absolute atomic E-state index is 12.0. The molecule has 2 rings (SSSR count). The summed E-state index contributed by atoms with van der Waals surface area (Å²) in [6.07, 6.45) is 3.97. The number of aromatic nitrogens is 3. The van der Waals surface area contributed by atoms with Crippen molar-refractivity contribution in [1.82, 2.24) is 15.0 Å². The number of hydrogen-bond donors (Lipinski definition) is 2. The molecule has 0 radical (unpaired) electrons. The van der Waals surface area contributed by atoms with Gasteiger partial charge in [0.05, 0.1) is 22.4 Å². The van der Waals surface area contributed by atoms with Gasteiger partial charge in [0.25, 0.3) is 10.0 Å². The summed E-state index contributed by atoms with van der Waals surface area (Å²) < 4.78 is 27.0. The molecule has 0 saturated carbocycles. The van der Waals surface area contributed by atoms with Crippen molar-refractivity contribution >= 4 is 48.4 Å². The third-order valence-corrected chi connectivity index (χ3v) is 4.68. The second-order valence-corrected chi connectivity index (χ2v) is 7.16. The lowest BCUT2D eigenvalue weighted by atomic mass is 10.7. The van der Waals surface area contributed by atoms with E-state index in [1.807, 2.05) is 0 Å². The van der Waals surface area contributed by atoms with Crippen LogP contribution in [0.5, 0.6) is 0 Å². The molecule has 0 unspecified atom stereocenters. The van der Waals surface area contributed by atoms with Gasteiger partial charge in [-0.3, -0.25) is 4.72 Å². The number of thiazole rings is 1. The Bertz CT molecular complexity index is 640. The highest BCUT2D eigenvalue weighted by Gasteiger charge is 2.17. The van der Waals surface area contributed by atoms with Gasteiger partial charge in [-0.1, -0.05) is 11.3 Å². The van der Waals surface area contributed by atoms with Crippen LogP contribution in [-0.2, 0) is 10.0 Å². The Morgan fingerprint density at radius 1 is 1.22 bits per heavy atom. The largest absolute Gasteiger partial charge is 0.357 e. The molecule has 2 heterocycles. The zero-order valence-corrected chi connectivity index (χ0v) is 12.3. The standard InChI is InChI=1S/C8H8BrN5O2S2/c1-10-7-11-2-5(3-12-7)18(15,16)14-8-13-4-6(9)17-8/h2-4H,1H3,(H,13,14)(H,10,11,12). The van der Waals surface area contributed by atoms with Gasteiger partial charge < -0.3 is 5.32 Å². The number of hydrogen-bond acceptors (Lipinski definition) is 7. The van der Waals surface area contributed by atoms with E-state index < -0.39 is 10.0 Å². The van der Waals surface area contributed by atoms with Crippen LogP contribution in [0.2, 0.25) is 0 Å². The van der Waals surface area contributed by atoms with E-state index >= 15 is 0 Å². The highest BCUT2D eigenvalue weighted by Crippen LogP contribution is 2.25. The minimum atomic E-state index is -3.70. The Labute approximate surface area is 116 Å². The van der Waals surface area contributed by atoms with Crippen LogP contribution in [0.4, 0.5) is 11.1 Å². The molecular formula is C8H8BrN5O2S2. The molecule has 10 heteroatoms. The van der Waals surface area contributed by atoms with Crippen molar-refractivity contribution in [3.8, 4) is 0 Å². The summed E-state index contributed by atoms with van der Waals surface area (Å²) in [4.78, 5) is 11.6. The highest BCUT2D eigenvalue weighted by atomic mass is 79.9. The van der Waals surface area contributed by atoms with Gasteiger partial charge in [-0.2, -0.15) is 0 Å². The van der Waals surface area contributed by atoms with E-state index in [-0.39, 0.29) is 10.0 Å². The molecule has 2 aromatic heterocycles. The molecule has 18 heavy (non-hydrogen) atoms. The molecule has 0 aliphatic heterocycles. The second kappa shape index (κ2) is 5.16. The highest BCUT2D eigenvalue weighted by molar-refractivity contribution is 9.11.